The molecule has 0 aliphatic heterocycles. The van der Waals surface area contributed by atoms with Crippen LogP contribution >= 0.6 is 11.8 Å². The van der Waals surface area contributed by atoms with Gasteiger partial charge in [-0.15, -0.1) is 5.10 Å². The van der Waals surface area contributed by atoms with E-state index >= 15 is 0 Å². The molecule has 8 nitrogen and oxygen atoms in total. The minimum absolute atomic E-state index is 0.171. The molecule has 3 aromatic rings. The van der Waals surface area contributed by atoms with Crippen LogP contribution < -0.4 is 14.8 Å². The minimum Gasteiger partial charge on any atom is -0.493 e. The maximum atomic E-state index is 12.6. The summed E-state index contributed by atoms with van der Waals surface area (Å²) in [5.74, 6) is 0.971. The number of nitrogens with one attached hydrogen (secondary N) is 1. The molecule has 9 heteroatoms. The first-order valence-corrected chi connectivity index (χ1v) is 9.03. The van der Waals surface area contributed by atoms with E-state index < -0.39 is 5.25 Å². The van der Waals surface area contributed by atoms with Gasteiger partial charge < -0.3 is 14.8 Å². The molecule has 1 aromatic heterocycles. The number of hydrogen-bond acceptors (Lipinski definition) is 7. The third-order valence-corrected chi connectivity index (χ3v) is 4.78. The molecular weight excluding hydrogens is 366 g/mol. The van der Waals surface area contributed by atoms with Gasteiger partial charge in [-0.05, 0) is 41.6 Å². The largest absolute Gasteiger partial charge is 0.493 e. The number of para-hydroxylation sites is 1. The highest BCUT2D eigenvalue weighted by molar-refractivity contribution is 8.00. The standard InChI is InChI=1S/C18H19N5O3S/c1-12(17(24)19-13-9-10-15(25-2)16(11-13)26-3)27-18-20-21-22-23(18)14-7-5-4-6-8-14/h4-12H,1-3H3,(H,19,24)/t12-/m0/s1. The summed E-state index contributed by atoms with van der Waals surface area (Å²) < 4.78 is 12.1. The van der Waals surface area contributed by atoms with E-state index in [2.05, 4.69) is 20.8 Å². The Balaban J connectivity index is 1.70. The molecule has 1 atom stereocenters. The van der Waals surface area contributed by atoms with Crippen molar-refractivity contribution in [2.45, 2.75) is 17.3 Å². The van der Waals surface area contributed by atoms with E-state index in [1.54, 1.807) is 44.0 Å². The summed E-state index contributed by atoms with van der Waals surface area (Å²) >= 11 is 1.28. The monoisotopic (exact) mass is 385 g/mol. The first kappa shape index (κ1) is 18.7. The summed E-state index contributed by atoms with van der Waals surface area (Å²) in [6, 6.07) is 14.7. The summed E-state index contributed by atoms with van der Waals surface area (Å²) in [6.45, 7) is 1.80. The van der Waals surface area contributed by atoms with Gasteiger partial charge >= 0.3 is 0 Å². The molecule has 27 heavy (non-hydrogen) atoms. The van der Waals surface area contributed by atoms with Gasteiger partial charge in [-0.2, -0.15) is 4.68 Å². The average molecular weight is 385 g/mol. The number of aromatic nitrogens is 4. The van der Waals surface area contributed by atoms with Gasteiger partial charge in [0.1, 0.15) is 0 Å². The molecule has 0 saturated carbocycles. The average Bonchev–Trinajstić information content (AvgIpc) is 3.16. The maximum absolute atomic E-state index is 12.6. The van der Waals surface area contributed by atoms with E-state index in [9.17, 15) is 4.79 Å². The lowest BCUT2D eigenvalue weighted by molar-refractivity contribution is -0.115. The van der Waals surface area contributed by atoms with Crippen LogP contribution in [0.15, 0.2) is 53.7 Å². The number of amides is 1. The molecule has 0 radical (unpaired) electrons. The number of anilines is 1. The van der Waals surface area contributed by atoms with Crippen LogP contribution in [0.25, 0.3) is 5.69 Å². The van der Waals surface area contributed by atoms with Gasteiger partial charge in [0.25, 0.3) is 0 Å². The molecule has 140 valence electrons. The van der Waals surface area contributed by atoms with Crippen molar-refractivity contribution in [3.63, 3.8) is 0 Å². The normalized spacial score (nSPS) is 11.7. The van der Waals surface area contributed by atoms with Gasteiger partial charge in [-0.1, -0.05) is 30.0 Å². The lowest BCUT2D eigenvalue weighted by Gasteiger charge is -2.13. The highest BCUT2D eigenvalue weighted by Gasteiger charge is 2.20. The predicted molar refractivity (Wildman–Crippen MR) is 103 cm³/mol. The van der Waals surface area contributed by atoms with Gasteiger partial charge in [0.15, 0.2) is 11.5 Å². The van der Waals surface area contributed by atoms with Crippen molar-refractivity contribution in [1.82, 2.24) is 20.2 Å². The Morgan fingerprint density at radius 3 is 2.56 bits per heavy atom. The van der Waals surface area contributed by atoms with Gasteiger partial charge in [0.2, 0.25) is 11.1 Å². The molecule has 0 bridgehead atoms. The Bertz CT molecular complexity index is 916. The van der Waals surface area contributed by atoms with Gasteiger partial charge in [0, 0.05) is 11.8 Å². The lowest BCUT2D eigenvalue weighted by Crippen LogP contribution is -2.23. The van der Waals surface area contributed by atoms with Crippen molar-refractivity contribution in [3.8, 4) is 17.2 Å². The Hall–Kier alpha value is -3.07. The summed E-state index contributed by atoms with van der Waals surface area (Å²) in [6.07, 6.45) is 0. The molecule has 0 spiro atoms. The van der Waals surface area contributed by atoms with Crippen LogP contribution in [0.2, 0.25) is 0 Å². The highest BCUT2D eigenvalue weighted by Crippen LogP contribution is 2.30. The fourth-order valence-corrected chi connectivity index (χ4v) is 3.16. The smallest absolute Gasteiger partial charge is 0.237 e. The quantitative estimate of drug-likeness (QED) is 0.625. The van der Waals surface area contributed by atoms with E-state index in [1.807, 2.05) is 30.3 Å². The Morgan fingerprint density at radius 2 is 1.85 bits per heavy atom. The molecule has 0 saturated heterocycles. The first-order chi connectivity index (χ1) is 13.1. The second-order valence-corrected chi connectivity index (χ2v) is 6.84. The molecular formula is C18H19N5O3S. The number of carbonyl (C=O) groups is 1. The second-order valence-electron chi connectivity index (χ2n) is 5.53. The zero-order valence-corrected chi connectivity index (χ0v) is 15.9. The first-order valence-electron chi connectivity index (χ1n) is 8.15. The number of benzene rings is 2. The van der Waals surface area contributed by atoms with Crippen LogP contribution in [-0.2, 0) is 4.79 Å². The van der Waals surface area contributed by atoms with E-state index in [-0.39, 0.29) is 5.91 Å². The molecule has 2 aromatic carbocycles. The summed E-state index contributed by atoms with van der Waals surface area (Å²) in [4.78, 5) is 12.6. The fraction of sp³-hybridized carbons (Fsp3) is 0.222. The molecule has 1 amide bonds. The highest BCUT2D eigenvalue weighted by atomic mass is 32.2. The van der Waals surface area contributed by atoms with Crippen LogP contribution in [-0.4, -0.2) is 45.6 Å². The van der Waals surface area contributed by atoms with Crippen molar-refractivity contribution >= 4 is 23.4 Å². The number of thioether (sulfide) groups is 1. The zero-order chi connectivity index (χ0) is 19.2. The van der Waals surface area contributed by atoms with Crippen molar-refractivity contribution in [3.05, 3.63) is 48.5 Å². The number of tetrazole rings is 1. The Morgan fingerprint density at radius 1 is 1.11 bits per heavy atom. The van der Waals surface area contributed by atoms with Crippen molar-refractivity contribution in [2.24, 2.45) is 0 Å². The number of hydrogen-bond donors (Lipinski definition) is 1. The topological polar surface area (TPSA) is 91.2 Å². The summed E-state index contributed by atoms with van der Waals surface area (Å²) in [5, 5.41) is 14.7. The zero-order valence-electron chi connectivity index (χ0n) is 15.1. The van der Waals surface area contributed by atoms with Gasteiger partial charge in [-0.3, -0.25) is 4.79 Å². The predicted octanol–water partition coefficient (Wildman–Crippen LogP) is 2.80. The van der Waals surface area contributed by atoms with E-state index in [0.717, 1.165) is 5.69 Å². The molecule has 0 fully saturated rings. The van der Waals surface area contributed by atoms with Gasteiger partial charge in [0.05, 0.1) is 25.2 Å². The van der Waals surface area contributed by atoms with Crippen molar-refractivity contribution in [1.29, 1.82) is 0 Å². The summed E-state index contributed by atoms with van der Waals surface area (Å²) in [5.41, 5.74) is 1.45. The second kappa shape index (κ2) is 8.54. The number of ether oxygens (including phenoxy) is 2. The van der Waals surface area contributed by atoms with Gasteiger partial charge in [-0.25, -0.2) is 0 Å². The molecule has 1 N–H and O–H groups in total. The van der Waals surface area contributed by atoms with E-state index in [4.69, 9.17) is 9.47 Å². The fourth-order valence-electron chi connectivity index (χ4n) is 2.35. The van der Waals surface area contributed by atoms with Crippen molar-refractivity contribution in [2.75, 3.05) is 19.5 Å². The van der Waals surface area contributed by atoms with Crippen LogP contribution in [0.1, 0.15) is 6.92 Å². The Kier molecular flexibility index (Phi) is 5.92. The lowest BCUT2D eigenvalue weighted by atomic mass is 10.2. The van der Waals surface area contributed by atoms with E-state index in [0.29, 0.717) is 22.3 Å². The van der Waals surface area contributed by atoms with Crippen molar-refractivity contribution < 1.29 is 14.3 Å². The Labute approximate surface area is 160 Å². The maximum Gasteiger partial charge on any atom is 0.237 e. The van der Waals surface area contributed by atoms with Crippen LogP contribution in [0.3, 0.4) is 0 Å². The number of carbonyl (C=O) groups excluding carboxylic acids is 1. The van der Waals surface area contributed by atoms with Crippen LogP contribution in [0, 0.1) is 0 Å². The molecule has 0 unspecified atom stereocenters. The number of rotatable bonds is 7. The number of nitrogens with zero attached hydrogens (tertiary/aromatic N) is 4. The van der Waals surface area contributed by atoms with Crippen LogP contribution in [0.4, 0.5) is 5.69 Å². The third kappa shape index (κ3) is 4.37. The van der Waals surface area contributed by atoms with E-state index in [1.165, 1.54) is 11.8 Å². The molecule has 0 aliphatic carbocycles. The molecule has 0 aliphatic rings. The summed E-state index contributed by atoms with van der Waals surface area (Å²) in [7, 11) is 3.11. The molecule has 1 heterocycles. The number of methoxy groups -OCH3 is 2. The molecule has 3 rings (SSSR count). The van der Waals surface area contributed by atoms with Crippen LogP contribution in [0.5, 0.6) is 11.5 Å². The minimum atomic E-state index is -0.411. The SMILES string of the molecule is COc1ccc(NC(=O)[C@H](C)Sc2nnnn2-c2ccccc2)cc1OC. The third-order valence-electron chi connectivity index (χ3n) is 3.74.